The van der Waals surface area contributed by atoms with Gasteiger partial charge in [0, 0.05) is 18.6 Å². The zero-order valence-corrected chi connectivity index (χ0v) is 14.8. The normalized spacial score (nSPS) is 23.8. The van der Waals surface area contributed by atoms with Crippen molar-refractivity contribution in [2.75, 3.05) is 18.4 Å². The van der Waals surface area contributed by atoms with Crippen LogP contribution in [0.3, 0.4) is 0 Å². The van der Waals surface area contributed by atoms with E-state index in [2.05, 4.69) is 26.6 Å². The fraction of sp³-hybridized carbons (Fsp3) is 0.857. The van der Waals surface area contributed by atoms with Gasteiger partial charge in [0.2, 0.25) is 11.8 Å². The van der Waals surface area contributed by atoms with Gasteiger partial charge in [0.05, 0.1) is 16.8 Å². The van der Waals surface area contributed by atoms with Gasteiger partial charge in [-0.2, -0.15) is 5.06 Å². The number of nitrogens with one attached hydrogen (secondary N) is 2. The smallest absolute Gasteiger partial charge is 0.230 e. The molecule has 0 spiro atoms. The van der Waals surface area contributed by atoms with E-state index in [4.69, 9.17) is 0 Å². The van der Waals surface area contributed by atoms with Crippen molar-refractivity contribution >= 4 is 27.7 Å². The van der Waals surface area contributed by atoms with Gasteiger partial charge >= 0.3 is 0 Å². The predicted molar refractivity (Wildman–Crippen MR) is 84.3 cm³/mol. The molecule has 0 radical (unpaired) electrons. The Bertz CT molecular complexity index is 399. The molecule has 1 fully saturated rings. The summed E-state index contributed by atoms with van der Waals surface area (Å²) in [6.07, 6.45) is 1.30. The maximum absolute atomic E-state index is 12.3. The summed E-state index contributed by atoms with van der Waals surface area (Å²) in [5.41, 5.74) is -0.993. The average Bonchev–Trinajstić information content (AvgIpc) is 2.58. The van der Waals surface area contributed by atoms with Gasteiger partial charge in [0.1, 0.15) is 0 Å². The molecular formula is C14H26BrN3O3. The molecule has 0 unspecified atom stereocenters. The van der Waals surface area contributed by atoms with Crippen LogP contribution in [-0.4, -0.2) is 51.6 Å². The minimum absolute atomic E-state index is 0.0450. The molecule has 7 heteroatoms. The fourth-order valence-electron chi connectivity index (χ4n) is 2.88. The van der Waals surface area contributed by atoms with Gasteiger partial charge in [-0.15, -0.1) is 0 Å². The second-order valence-electron chi connectivity index (χ2n) is 6.66. The van der Waals surface area contributed by atoms with Gasteiger partial charge in [-0.25, -0.2) is 0 Å². The number of hydroxylamine groups is 2. The van der Waals surface area contributed by atoms with Crippen molar-refractivity contribution in [1.82, 2.24) is 15.7 Å². The van der Waals surface area contributed by atoms with Crippen molar-refractivity contribution in [2.24, 2.45) is 5.92 Å². The van der Waals surface area contributed by atoms with Gasteiger partial charge in [-0.1, -0.05) is 15.9 Å². The topological polar surface area (TPSA) is 81.7 Å². The molecule has 0 bridgehead atoms. The van der Waals surface area contributed by atoms with E-state index in [0.717, 1.165) is 0 Å². The molecule has 2 amide bonds. The lowest BCUT2D eigenvalue weighted by atomic mass is 9.86. The summed E-state index contributed by atoms with van der Waals surface area (Å²) >= 11 is 3.07. The van der Waals surface area contributed by atoms with Gasteiger partial charge in [-0.3, -0.25) is 9.59 Å². The number of amides is 2. The molecule has 1 rings (SSSR count). The number of nitrogens with zero attached hydrogens (tertiary/aromatic N) is 1. The number of rotatable bonds is 6. The van der Waals surface area contributed by atoms with Gasteiger partial charge < -0.3 is 15.8 Å². The molecule has 3 N–H and O–H groups in total. The number of alkyl halides is 1. The van der Waals surface area contributed by atoms with E-state index in [1.807, 2.05) is 27.7 Å². The number of hydrogen-bond donors (Lipinski definition) is 3. The molecule has 0 saturated carbocycles. The van der Waals surface area contributed by atoms with E-state index < -0.39 is 11.1 Å². The van der Waals surface area contributed by atoms with Gasteiger partial charge in [0.25, 0.3) is 0 Å². The second-order valence-corrected chi connectivity index (χ2v) is 7.22. The van der Waals surface area contributed by atoms with Crippen LogP contribution in [0.2, 0.25) is 0 Å². The SMILES string of the molecule is CC1(C)C[C@H](C(=O)NCCCNC(=O)CBr)C(C)(C)N1O. The lowest BCUT2D eigenvalue weighted by molar-refractivity contribution is -0.197. The van der Waals surface area contributed by atoms with Crippen molar-refractivity contribution in [2.45, 2.75) is 51.6 Å². The van der Waals surface area contributed by atoms with Crippen LogP contribution in [0.4, 0.5) is 0 Å². The van der Waals surface area contributed by atoms with Crippen LogP contribution in [0.15, 0.2) is 0 Å². The molecule has 0 aromatic rings. The summed E-state index contributed by atoms with van der Waals surface area (Å²) in [7, 11) is 0. The van der Waals surface area contributed by atoms with Crippen molar-refractivity contribution in [1.29, 1.82) is 0 Å². The molecule has 6 nitrogen and oxygen atoms in total. The lowest BCUT2D eigenvalue weighted by Crippen LogP contribution is -2.50. The lowest BCUT2D eigenvalue weighted by Gasteiger charge is -2.35. The Labute approximate surface area is 134 Å². The van der Waals surface area contributed by atoms with E-state index in [0.29, 0.717) is 25.9 Å². The van der Waals surface area contributed by atoms with Crippen LogP contribution >= 0.6 is 15.9 Å². The molecule has 1 aliphatic heterocycles. The van der Waals surface area contributed by atoms with Crippen molar-refractivity contribution in [3.05, 3.63) is 0 Å². The molecule has 1 heterocycles. The highest BCUT2D eigenvalue weighted by Gasteiger charge is 2.54. The first-order valence-electron chi connectivity index (χ1n) is 7.22. The zero-order chi connectivity index (χ0) is 16.3. The standard InChI is InChI=1S/C14H26BrN3O3/c1-13(2)8-10(14(3,4)18(13)21)12(20)17-7-5-6-16-11(19)9-15/h10,21H,5-9H2,1-4H3,(H,16,19)(H,17,20)/t10-/m1/s1. The minimum Gasteiger partial charge on any atom is -0.356 e. The number of carbonyl (C=O) groups excluding carboxylic acids is 2. The molecule has 1 aliphatic rings. The summed E-state index contributed by atoms with van der Waals surface area (Å²) in [4.78, 5) is 23.3. The second kappa shape index (κ2) is 7.07. The molecule has 0 aromatic carbocycles. The third-order valence-electron chi connectivity index (χ3n) is 4.09. The highest BCUT2D eigenvalue weighted by molar-refractivity contribution is 9.09. The van der Waals surface area contributed by atoms with Crippen molar-refractivity contribution in [3.63, 3.8) is 0 Å². The van der Waals surface area contributed by atoms with Crippen molar-refractivity contribution < 1.29 is 14.8 Å². The first-order chi connectivity index (χ1) is 9.63. The number of halogens is 1. The fourth-order valence-corrected chi connectivity index (χ4v) is 3.07. The zero-order valence-electron chi connectivity index (χ0n) is 13.2. The Morgan fingerprint density at radius 3 is 2.29 bits per heavy atom. The maximum Gasteiger partial charge on any atom is 0.230 e. The Hall–Kier alpha value is -0.660. The molecule has 1 saturated heterocycles. The number of hydrogen-bond acceptors (Lipinski definition) is 4. The predicted octanol–water partition coefficient (Wildman–Crippen LogP) is 1.27. The molecule has 122 valence electrons. The van der Waals surface area contributed by atoms with Gasteiger partial charge in [0.15, 0.2) is 0 Å². The molecule has 0 aliphatic carbocycles. The summed E-state index contributed by atoms with van der Waals surface area (Å²) in [6.45, 7) is 8.66. The summed E-state index contributed by atoms with van der Waals surface area (Å²) in [5.74, 6) is -0.359. The summed E-state index contributed by atoms with van der Waals surface area (Å²) in [6, 6.07) is 0. The van der Waals surface area contributed by atoms with Crippen LogP contribution in [-0.2, 0) is 9.59 Å². The highest BCUT2D eigenvalue weighted by atomic mass is 79.9. The first kappa shape index (κ1) is 18.4. The largest absolute Gasteiger partial charge is 0.356 e. The third kappa shape index (κ3) is 4.40. The Balaban J connectivity index is 2.41. The maximum atomic E-state index is 12.3. The third-order valence-corrected chi connectivity index (χ3v) is 4.60. The monoisotopic (exact) mass is 363 g/mol. The molecule has 1 atom stereocenters. The van der Waals surface area contributed by atoms with E-state index in [9.17, 15) is 14.8 Å². The van der Waals surface area contributed by atoms with E-state index in [1.165, 1.54) is 5.06 Å². The van der Waals surface area contributed by atoms with Crippen LogP contribution < -0.4 is 10.6 Å². The van der Waals surface area contributed by atoms with Crippen LogP contribution in [0.5, 0.6) is 0 Å². The Morgan fingerprint density at radius 2 is 1.81 bits per heavy atom. The average molecular weight is 364 g/mol. The van der Waals surface area contributed by atoms with E-state index in [-0.39, 0.29) is 23.1 Å². The minimum atomic E-state index is -0.586. The highest BCUT2D eigenvalue weighted by Crippen LogP contribution is 2.43. The first-order valence-corrected chi connectivity index (χ1v) is 8.34. The van der Waals surface area contributed by atoms with Crippen molar-refractivity contribution in [3.8, 4) is 0 Å². The van der Waals surface area contributed by atoms with E-state index >= 15 is 0 Å². The molecular weight excluding hydrogens is 338 g/mol. The van der Waals surface area contributed by atoms with E-state index in [1.54, 1.807) is 0 Å². The van der Waals surface area contributed by atoms with Crippen LogP contribution in [0.1, 0.15) is 40.5 Å². The number of carbonyl (C=O) groups is 2. The quantitative estimate of drug-likeness (QED) is 0.490. The van der Waals surface area contributed by atoms with Gasteiger partial charge in [-0.05, 0) is 40.5 Å². The molecule has 0 aromatic heterocycles. The van der Waals surface area contributed by atoms with Crippen LogP contribution in [0, 0.1) is 5.92 Å². The Kier molecular flexibility index (Phi) is 6.19. The molecule has 21 heavy (non-hydrogen) atoms. The summed E-state index contributed by atoms with van der Waals surface area (Å²) < 4.78 is 0. The summed E-state index contributed by atoms with van der Waals surface area (Å²) in [5, 5.41) is 17.4. The Morgan fingerprint density at radius 1 is 1.24 bits per heavy atom. The van der Waals surface area contributed by atoms with Crippen LogP contribution in [0.25, 0.3) is 0 Å².